The molecule has 0 aliphatic carbocycles. The van der Waals surface area contributed by atoms with Crippen molar-refractivity contribution in [3.63, 3.8) is 0 Å². The van der Waals surface area contributed by atoms with Gasteiger partial charge in [-0.05, 0) is 29.8 Å². The van der Waals surface area contributed by atoms with Crippen molar-refractivity contribution in [3.8, 4) is 17.2 Å². The van der Waals surface area contributed by atoms with Crippen LogP contribution in [0.15, 0.2) is 94.3 Å². The molecule has 1 aromatic heterocycles. The van der Waals surface area contributed by atoms with Crippen LogP contribution in [0.1, 0.15) is 5.56 Å². The van der Waals surface area contributed by atoms with Crippen LogP contribution in [0.2, 0.25) is 0 Å². The lowest BCUT2D eigenvalue weighted by atomic mass is 10.1. The number of benzene rings is 3. The number of carboxylic acids is 1. The Morgan fingerprint density at radius 2 is 1.65 bits per heavy atom. The normalized spacial score (nSPS) is 11.5. The number of fused-ring (bicyclic) bond motifs is 1. The van der Waals surface area contributed by atoms with Crippen LogP contribution in [0.5, 0.6) is 17.2 Å². The summed E-state index contributed by atoms with van der Waals surface area (Å²) in [6.07, 6.45) is 1.37. The third-order valence-corrected chi connectivity index (χ3v) is 4.97. The van der Waals surface area contributed by atoms with E-state index in [-0.39, 0.29) is 28.9 Å². The Balaban J connectivity index is 1.40. The van der Waals surface area contributed by atoms with E-state index in [0.717, 1.165) is 5.56 Å². The average molecular weight is 459 g/mol. The van der Waals surface area contributed by atoms with E-state index < -0.39 is 24.5 Å². The fourth-order valence-electron chi connectivity index (χ4n) is 3.30. The predicted octanol–water partition coefficient (Wildman–Crippen LogP) is 3.78. The minimum atomic E-state index is -1.14. The molecule has 2 N–H and O–H groups in total. The van der Waals surface area contributed by atoms with E-state index in [0.29, 0.717) is 11.1 Å². The summed E-state index contributed by atoms with van der Waals surface area (Å²) >= 11 is 0. The fourth-order valence-corrected chi connectivity index (χ4v) is 3.30. The zero-order valence-corrected chi connectivity index (χ0v) is 18.0. The molecule has 1 amide bonds. The predicted molar refractivity (Wildman–Crippen MR) is 124 cm³/mol. The minimum absolute atomic E-state index is 0.0462. The average Bonchev–Trinajstić information content (AvgIpc) is 2.85. The molecule has 0 saturated heterocycles. The highest BCUT2D eigenvalue weighted by Crippen LogP contribution is 2.23. The van der Waals surface area contributed by atoms with Crippen molar-refractivity contribution >= 4 is 22.8 Å². The Morgan fingerprint density at radius 3 is 2.35 bits per heavy atom. The number of amides is 1. The number of carbonyl (C=O) groups is 2. The minimum Gasteiger partial charge on any atom is -0.484 e. The van der Waals surface area contributed by atoms with E-state index in [4.69, 9.17) is 13.9 Å². The molecule has 0 fully saturated rings. The second-order valence-electron chi connectivity index (χ2n) is 7.44. The molecular weight excluding hydrogens is 438 g/mol. The van der Waals surface area contributed by atoms with Crippen LogP contribution in [-0.4, -0.2) is 29.6 Å². The maximum absolute atomic E-state index is 12.7. The molecule has 0 bridgehead atoms. The summed E-state index contributed by atoms with van der Waals surface area (Å²) in [7, 11) is 0. The molecule has 0 aliphatic rings. The van der Waals surface area contributed by atoms with Crippen molar-refractivity contribution in [2.75, 3.05) is 6.61 Å². The lowest BCUT2D eigenvalue weighted by molar-refractivity contribution is -0.142. The monoisotopic (exact) mass is 459 g/mol. The van der Waals surface area contributed by atoms with E-state index in [2.05, 4.69) is 5.32 Å². The zero-order chi connectivity index (χ0) is 23.9. The molecule has 8 heteroatoms. The smallest absolute Gasteiger partial charge is 0.326 e. The molecule has 3 aromatic carbocycles. The van der Waals surface area contributed by atoms with Crippen molar-refractivity contribution in [2.24, 2.45) is 0 Å². The van der Waals surface area contributed by atoms with Crippen LogP contribution in [0, 0.1) is 0 Å². The van der Waals surface area contributed by atoms with Gasteiger partial charge in [0.05, 0.1) is 5.39 Å². The molecule has 0 aliphatic heterocycles. The van der Waals surface area contributed by atoms with E-state index >= 15 is 0 Å². The van der Waals surface area contributed by atoms with Crippen LogP contribution in [0.4, 0.5) is 0 Å². The number of hydrogen-bond acceptors (Lipinski definition) is 6. The number of ether oxygens (including phenoxy) is 2. The second-order valence-corrected chi connectivity index (χ2v) is 7.44. The van der Waals surface area contributed by atoms with Gasteiger partial charge in [0.25, 0.3) is 5.91 Å². The molecule has 0 spiro atoms. The van der Waals surface area contributed by atoms with Crippen LogP contribution in [-0.2, 0) is 16.0 Å². The SMILES string of the molecule is O=C(COc1ccc2c(=O)c(Oc3ccccc3)coc2c1)N[C@H](Cc1ccccc1)C(=O)O. The largest absolute Gasteiger partial charge is 0.484 e. The summed E-state index contributed by atoms with van der Waals surface area (Å²) in [4.78, 5) is 36.5. The van der Waals surface area contributed by atoms with Gasteiger partial charge in [-0.2, -0.15) is 0 Å². The third-order valence-electron chi connectivity index (χ3n) is 4.97. The Hall–Kier alpha value is -4.59. The van der Waals surface area contributed by atoms with Gasteiger partial charge >= 0.3 is 5.97 Å². The Bertz CT molecular complexity index is 1350. The first-order valence-corrected chi connectivity index (χ1v) is 10.5. The summed E-state index contributed by atoms with van der Waals surface area (Å²) in [6, 6.07) is 21.3. The van der Waals surface area contributed by atoms with Crippen LogP contribution < -0.4 is 20.2 Å². The number of carboxylic acid groups (broad SMARTS) is 1. The number of nitrogens with one attached hydrogen (secondary N) is 1. The highest BCUT2D eigenvalue weighted by Gasteiger charge is 2.20. The summed E-state index contributed by atoms with van der Waals surface area (Å²) in [5.74, 6) is -0.885. The van der Waals surface area contributed by atoms with Crippen molar-refractivity contribution in [1.82, 2.24) is 5.32 Å². The number of aliphatic carboxylic acids is 1. The zero-order valence-electron chi connectivity index (χ0n) is 18.0. The summed E-state index contributed by atoms with van der Waals surface area (Å²) < 4.78 is 16.6. The molecule has 8 nitrogen and oxygen atoms in total. The number of carbonyl (C=O) groups excluding carboxylic acids is 1. The summed E-state index contributed by atoms with van der Waals surface area (Å²) in [5.41, 5.74) is 0.701. The maximum atomic E-state index is 12.7. The van der Waals surface area contributed by atoms with Gasteiger partial charge in [-0.1, -0.05) is 48.5 Å². The molecule has 1 heterocycles. The second kappa shape index (κ2) is 10.4. The molecule has 4 rings (SSSR count). The Labute approximate surface area is 194 Å². The van der Waals surface area contributed by atoms with Gasteiger partial charge in [0.1, 0.15) is 29.4 Å². The van der Waals surface area contributed by atoms with Crippen molar-refractivity contribution in [3.05, 3.63) is 101 Å². The molecule has 172 valence electrons. The molecule has 0 saturated carbocycles. The van der Waals surface area contributed by atoms with Gasteiger partial charge in [0.2, 0.25) is 11.2 Å². The molecule has 4 aromatic rings. The van der Waals surface area contributed by atoms with Crippen molar-refractivity contribution in [2.45, 2.75) is 12.5 Å². The summed E-state index contributed by atoms with van der Waals surface area (Å²) in [6.45, 7) is -0.399. The molecule has 1 atom stereocenters. The number of para-hydroxylation sites is 1. The van der Waals surface area contributed by atoms with Gasteiger partial charge in [-0.3, -0.25) is 9.59 Å². The van der Waals surface area contributed by atoms with Crippen LogP contribution in [0.25, 0.3) is 11.0 Å². The topological polar surface area (TPSA) is 115 Å². The van der Waals surface area contributed by atoms with E-state index in [1.165, 1.54) is 24.5 Å². The molecule has 34 heavy (non-hydrogen) atoms. The quantitative estimate of drug-likeness (QED) is 0.391. The van der Waals surface area contributed by atoms with Gasteiger partial charge in [-0.25, -0.2) is 4.79 Å². The molecular formula is C26H21NO7. The van der Waals surface area contributed by atoms with E-state index in [1.807, 2.05) is 12.1 Å². The standard InChI is InChI=1S/C26H21NO7/c28-24(27-21(26(30)31)13-17-7-3-1-4-8-17)16-32-19-11-12-20-22(14-19)33-15-23(25(20)29)34-18-9-5-2-6-10-18/h1-12,14-15,21H,13,16H2,(H,27,28)(H,30,31)/t21-/m1/s1. The third kappa shape index (κ3) is 5.60. The lowest BCUT2D eigenvalue weighted by Crippen LogP contribution is -2.44. The first-order chi connectivity index (χ1) is 16.5. The van der Waals surface area contributed by atoms with E-state index in [9.17, 15) is 19.5 Å². The molecule has 0 unspecified atom stereocenters. The lowest BCUT2D eigenvalue weighted by Gasteiger charge is -2.15. The van der Waals surface area contributed by atoms with Gasteiger partial charge < -0.3 is 24.3 Å². The van der Waals surface area contributed by atoms with Gasteiger partial charge in [0, 0.05) is 12.5 Å². The summed E-state index contributed by atoms with van der Waals surface area (Å²) in [5, 5.41) is 12.2. The number of hydrogen-bond donors (Lipinski definition) is 2. The number of rotatable bonds is 9. The Morgan fingerprint density at radius 1 is 0.941 bits per heavy atom. The van der Waals surface area contributed by atoms with Crippen LogP contribution >= 0.6 is 0 Å². The van der Waals surface area contributed by atoms with E-state index in [1.54, 1.807) is 48.5 Å². The van der Waals surface area contributed by atoms with Gasteiger partial charge in [0.15, 0.2) is 6.61 Å². The highest BCUT2D eigenvalue weighted by atomic mass is 16.5. The molecule has 0 radical (unpaired) electrons. The first-order valence-electron chi connectivity index (χ1n) is 10.5. The maximum Gasteiger partial charge on any atom is 0.326 e. The highest BCUT2D eigenvalue weighted by molar-refractivity contribution is 5.85. The van der Waals surface area contributed by atoms with Gasteiger partial charge in [-0.15, -0.1) is 0 Å². The fraction of sp³-hybridized carbons (Fsp3) is 0.115. The first kappa shape index (κ1) is 22.6. The van der Waals surface area contributed by atoms with Crippen LogP contribution in [0.3, 0.4) is 0 Å². The van der Waals surface area contributed by atoms with Crippen molar-refractivity contribution < 1.29 is 28.6 Å². The van der Waals surface area contributed by atoms with Crippen molar-refractivity contribution in [1.29, 1.82) is 0 Å². The Kier molecular flexibility index (Phi) is 6.88.